The molecule has 1 aliphatic carbocycles. The number of para-hydroxylation sites is 1. The maximum atomic E-state index is 12.5. The lowest BCUT2D eigenvalue weighted by Gasteiger charge is -2.29. The number of fused-ring (bicyclic) bond motifs is 1. The maximum Gasteiger partial charge on any atom is 0.230 e. The average molecular weight is 413 g/mol. The monoisotopic (exact) mass is 412 g/mol. The number of aromatic nitrogens is 3. The van der Waals surface area contributed by atoms with E-state index in [9.17, 15) is 4.79 Å². The van der Waals surface area contributed by atoms with Crippen molar-refractivity contribution in [1.82, 2.24) is 20.1 Å². The minimum absolute atomic E-state index is 0.0670. The Bertz CT molecular complexity index is 961. The average Bonchev–Trinajstić information content (AvgIpc) is 3.32. The lowest BCUT2D eigenvalue weighted by atomic mass is 9.86. The van der Waals surface area contributed by atoms with Gasteiger partial charge in [-0.3, -0.25) is 9.36 Å². The fourth-order valence-electron chi connectivity index (χ4n) is 4.01. The third kappa shape index (κ3) is 4.34. The van der Waals surface area contributed by atoms with Crippen LogP contribution >= 0.6 is 11.8 Å². The van der Waals surface area contributed by atoms with Crippen molar-refractivity contribution < 1.29 is 9.21 Å². The Morgan fingerprint density at radius 2 is 2.07 bits per heavy atom. The summed E-state index contributed by atoms with van der Waals surface area (Å²) in [6.45, 7) is 6.40. The van der Waals surface area contributed by atoms with Crippen LogP contribution in [0.1, 0.15) is 52.5 Å². The van der Waals surface area contributed by atoms with Gasteiger partial charge in [0.05, 0.1) is 5.75 Å². The molecule has 2 aromatic heterocycles. The number of carbonyl (C=O) groups is 1. The highest BCUT2D eigenvalue weighted by Crippen LogP contribution is 2.31. The third-order valence-electron chi connectivity index (χ3n) is 5.62. The summed E-state index contributed by atoms with van der Waals surface area (Å²) in [5.74, 6) is 2.35. The molecule has 2 heterocycles. The number of hydrogen-bond acceptors (Lipinski definition) is 5. The van der Waals surface area contributed by atoms with E-state index in [0.717, 1.165) is 22.5 Å². The molecule has 0 aliphatic heterocycles. The highest BCUT2D eigenvalue weighted by atomic mass is 32.2. The zero-order valence-electron chi connectivity index (χ0n) is 17.2. The minimum atomic E-state index is 0.0670. The van der Waals surface area contributed by atoms with Crippen LogP contribution in [-0.2, 0) is 4.79 Å². The van der Waals surface area contributed by atoms with E-state index in [-0.39, 0.29) is 11.9 Å². The van der Waals surface area contributed by atoms with Crippen LogP contribution in [0.4, 0.5) is 0 Å². The molecule has 4 rings (SSSR count). The second kappa shape index (κ2) is 8.61. The van der Waals surface area contributed by atoms with Gasteiger partial charge in [-0.2, -0.15) is 0 Å². The van der Waals surface area contributed by atoms with Gasteiger partial charge in [0.2, 0.25) is 11.7 Å². The van der Waals surface area contributed by atoms with Crippen molar-refractivity contribution in [2.24, 2.45) is 5.92 Å². The molecule has 29 heavy (non-hydrogen) atoms. The first-order valence-corrected chi connectivity index (χ1v) is 11.4. The number of rotatable bonds is 6. The molecule has 0 radical (unpaired) electrons. The number of nitrogens with one attached hydrogen (secondary N) is 1. The van der Waals surface area contributed by atoms with Crippen molar-refractivity contribution in [3.8, 4) is 11.6 Å². The molecule has 3 aromatic rings. The van der Waals surface area contributed by atoms with Gasteiger partial charge in [-0.05, 0) is 44.7 Å². The zero-order valence-corrected chi connectivity index (χ0v) is 18.0. The summed E-state index contributed by atoms with van der Waals surface area (Å²) in [5, 5.41) is 13.7. The second-order valence-corrected chi connectivity index (χ2v) is 9.09. The quantitative estimate of drug-likeness (QED) is 0.573. The largest absolute Gasteiger partial charge is 0.453 e. The molecule has 1 amide bonds. The van der Waals surface area contributed by atoms with Crippen LogP contribution < -0.4 is 5.32 Å². The molecule has 1 saturated carbocycles. The van der Waals surface area contributed by atoms with Crippen molar-refractivity contribution in [1.29, 1.82) is 0 Å². The topological polar surface area (TPSA) is 73.0 Å². The number of hydrogen-bond donors (Lipinski definition) is 1. The molecule has 0 bridgehead atoms. The van der Waals surface area contributed by atoms with Gasteiger partial charge in [0.25, 0.3) is 0 Å². The lowest BCUT2D eigenvalue weighted by molar-refractivity contribution is -0.119. The second-order valence-electron chi connectivity index (χ2n) is 8.14. The predicted molar refractivity (Wildman–Crippen MR) is 116 cm³/mol. The van der Waals surface area contributed by atoms with Crippen molar-refractivity contribution in [2.75, 3.05) is 5.75 Å². The first kappa shape index (κ1) is 20.0. The fourth-order valence-corrected chi connectivity index (χ4v) is 4.89. The summed E-state index contributed by atoms with van der Waals surface area (Å²) < 4.78 is 8.02. The minimum Gasteiger partial charge on any atom is -0.453 e. The molecule has 154 valence electrons. The summed E-state index contributed by atoms with van der Waals surface area (Å²) in [6.07, 6.45) is 4.74. The predicted octanol–water partition coefficient (Wildman–Crippen LogP) is 5.06. The Kier molecular flexibility index (Phi) is 5.94. The van der Waals surface area contributed by atoms with E-state index < -0.39 is 0 Å². The summed E-state index contributed by atoms with van der Waals surface area (Å²) in [7, 11) is 0. The molecule has 1 aliphatic rings. The molecule has 6 nitrogen and oxygen atoms in total. The number of nitrogens with zero attached hydrogens (tertiary/aromatic N) is 3. The van der Waals surface area contributed by atoms with E-state index in [4.69, 9.17) is 4.42 Å². The first-order chi connectivity index (χ1) is 14.0. The number of carbonyl (C=O) groups excluding carboxylic acids is 1. The zero-order chi connectivity index (χ0) is 20.4. The standard InChI is InChI=1S/C22H28N4O2S/c1-14(2)26-21(19-12-16-9-5-7-11-18(16)28-19)24-25-22(26)29-13-20(27)23-17-10-6-4-8-15(17)3/h5,7,9,11-12,14-15,17H,4,6,8,10,13H2,1-3H3,(H,23,27)/t15-,17-/m1/s1. The smallest absolute Gasteiger partial charge is 0.230 e. The van der Waals surface area contributed by atoms with Crippen LogP contribution in [0, 0.1) is 5.92 Å². The lowest BCUT2D eigenvalue weighted by Crippen LogP contribution is -2.41. The van der Waals surface area contributed by atoms with Crippen LogP contribution in [0.15, 0.2) is 39.9 Å². The molecule has 0 saturated heterocycles. The Balaban J connectivity index is 1.48. The van der Waals surface area contributed by atoms with Gasteiger partial charge in [-0.15, -0.1) is 10.2 Å². The van der Waals surface area contributed by atoms with Crippen molar-refractivity contribution in [2.45, 2.75) is 63.7 Å². The molecule has 7 heteroatoms. The van der Waals surface area contributed by atoms with Crippen LogP contribution in [0.2, 0.25) is 0 Å². The summed E-state index contributed by atoms with van der Waals surface area (Å²) in [4.78, 5) is 12.5. The van der Waals surface area contributed by atoms with Gasteiger partial charge in [0.1, 0.15) is 5.58 Å². The van der Waals surface area contributed by atoms with Crippen molar-refractivity contribution >= 4 is 28.6 Å². The summed E-state index contributed by atoms with van der Waals surface area (Å²) >= 11 is 1.43. The number of thioether (sulfide) groups is 1. The Labute approximate surface area is 175 Å². The van der Waals surface area contributed by atoms with Crippen molar-refractivity contribution in [3.05, 3.63) is 30.3 Å². The summed E-state index contributed by atoms with van der Waals surface area (Å²) in [5.41, 5.74) is 0.830. The Hall–Kier alpha value is -2.28. The Morgan fingerprint density at radius 3 is 2.83 bits per heavy atom. The van der Waals surface area contributed by atoms with E-state index in [2.05, 4.69) is 36.3 Å². The molecule has 1 fully saturated rings. The first-order valence-electron chi connectivity index (χ1n) is 10.4. The van der Waals surface area contributed by atoms with Crippen LogP contribution in [-0.4, -0.2) is 32.5 Å². The van der Waals surface area contributed by atoms with E-state index >= 15 is 0 Å². The number of furan rings is 1. The highest BCUT2D eigenvalue weighted by molar-refractivity contribution is 7.99. The van der Waals surface area contributed by atoms with E-state index in [1.807, 2.05) is 34.9 Å². The fraction of sp³-hybridized carbons (Fsp3) is 0.500. The molecular formula is C22H28N4O2S. The van der Waals surface area contributed by atoms with Crippen LogP contribution in [0.3, 0.4) is 0 Å². The Morgan fingerprint density at radius 1 is 1.28 bits per heavy atom. The van der Waals surface area contributed by atoms with E-state index in [1.54, 1.807) is 0 Å². The summed E-state index contributed by atoms with van der Waals surface area (Å²) in [6, 6.07) is 10.3. The van der Waals surface area contributed by atoms with Gasteiger partial charge in [0, 0.05) is 17.5 Å². The normalized spacial score (nSPS) is 19.7. The molecule has 1 N–H and O–H groups in total. The van der Waals surface area contributed by atoms with Crippen molar-refractivity contribution in [3.63, 3.8) is 0 Å². The number of amides is 1. The SMILES string of the molecule is CC(C)n1c(SCC(=O)N[C@@H]2CCCC[C@H]2C)nnc1-c1cc2ccccc2o1. The van der Waals surface area contributed by atoms with Gasteiger partial charge < -0.3 is 9.73 Å². The van der Waals surface area contributed by atoms with Gasteiger partial charge in [0.15, 0.2) is 10.9 Å². The molecular weight excluding hydrogens is 384 g/mol. The van der Waals surface area contributed by atoms with E-state index in [0.29, 0.717) is 29.3 Å². The molecule has 2 atom stereocenters. The maximum absolute atomic E-state index is 12.5. The molecule has 0 spiro atoms. The van der Waals surface area contributed by atoms with Gasteiger partial charge >= 0.3 is 0 Å². The molecule has 1 aromatic carbocycles. The van der Waals surface area contributed by atoms with Crippen LogP contribution in [0.5, 0.6) is 0 Å². The van der Waals surface area contributed by atoms with E-state index in [1.165, 1.54) is 31.0 Å². The number of benzene rings is 1. The third-order valence-corrected chi connectivity index (χ3v) is 6.56. The van der Waals surface area contributed by atoms with Crippen LogP contribution in [0.25, 0.3) is 22.6 Å². The highest BCUT2D eigenvalue weighted by Gasteiger charge is 2.24. The van der Waals surface area contributed by atoms with Gasteiger partial charge in [-0.1, -0.05) is 49.7 Å². The molecule has 0 unspecified atom stereocenters. The van der Waals surface area contributed by atoms with Gasteiger partial charge in [-0.25, -0.2) is 0 Å².